The lowest BCUT2D eigenvalue weighted by molar-refractivity contribution is -0.124. The molecule has 0 aliphatic rings. The smallest absolute Gasteiger partial charge is 0.234 e. The van der Waals surface area contributed by atoms with E-state index in [0.717, 1.165) is 0 Å². The zero-order chi connectivity index (χ0) is 36.0. The van der Waals surface area contributed by atoms with E-state index in [9.17, 15) is 14.4 Å². The van der Waals surface area contributed by atoms with Crippen LogP contribution >= 0.6 is 0 Å². The molecule has 19 heteroatoms. The summed E-state index contributed by atoms with van der Waals surface area (Å²) >= 11 is 0. The molecule has 0 unspecified atom stereocenters. The maximum Gasteiger partial charge on any atom is 0.234 e. The molecule has 0 atom stereocenters. The predicted molar refractivity (Wildman–Crippen MR) is 186 cm³/mol. The fourth-order valence-corrected chi connectivity index (χ4v) is 4.03. The van der Waals surface area contributed by atoms with Crippen LogP contribution in [0.1, 0.15) is 0 Å². The zero-order valence-electron chi connectivity index (χ0n) is 29.5. The Labute approximate surface area is 292 Å². The van der Waals surface area contributed by atoms with Gasteiger partial charge in [-0.1, -0.05) is 0 Å². The van der Waals surface area contributed by atoms with E-state index >= 15 is 0 Å². The van der Waals surface area contributed by atoms with Crippen molar-refractivity contribution in [3.8, 4) is 0 Å². The molecule has 19 nitrogen and oxygen atoms in total. The van der Waals surface area contributed by atoms with Crippen molar-refractivity contribution in [1.29, 1.82) is 0 Å². The third-order valence-electron chi connectivity index (χ3n) is 6.41. The molecule has 0 aliphatic carbocycles. The number of nitrogens with zero attached hydrogens (tertiary/aromatic N) is 2. The van der Waals surface area contributed by atoms with E-state index in [4.69, 9.17) is 51.4 Å². The quantitative estimate of drug-likeness (QED) is 0.0278. The monoisotopic (exact) mass is 711 g/mol. The molecule has 0 saturated heterocycles. The van der Waals surface area contributed by atoms with E-state index in [1.165, 1.54) is 0 Å². The Balaban J connectivity index is 4.64. The van der Waals surface area contributed by atoms with Crippen molar-refractivity contribution in [2.24, 2.45) is 22.9 Å². The van der Waals surface area contributed by atoms with Crippen LogP contribution in [0.4, 0.5) is 0 Å². The highest BCUT2D eigenvalue weighted by Gasteiger charge is 2.15. The van der Waals surface area contributed by atoms with Crippen molar-refractivity contribution < 1.29 is 42.8 Å². The van der Waals surface area contributed by atoms with Crippen molar-refractivity contribution in [2.75, 3.05) is 177 Å². The van der Waals surface area contributed by atoms with Crippen molar-refractivity contribution in [3.05, 3.63) is 0 Å². The van der Waals surface area contributed by atoms with E-state index in [2.05, 4.69) is 21.3 Å². The fraction of sp³-hybridized carbons (Fsp3) is 0.900. The van der Waals surface area contributed by atoms with E-state index in [-0.39, 0.29) is 37.4 Å². The van der Waals surface area contributed by atoms with Gasteiger partial charge in [0.15, 0.2) is 0 Å². The number of carbonyl (C=O) groups is 3. The lowest BCUT2D eigenvalue weighted by Crippen LogP contribution is -2.47. The number of ether oxygens (including phenoxy) is 6. The number of carbonyl (C=O) groups excluding carboxylic acids is 3. The SMILES string of the molecule is NCCOCCOCCNC(=O)CNCCN(CCN(CCN)CC(=O)NCCOCCOCCN)CC(=O)NCCOCCOCCN. The Kier molecular flexibility index (Phi) is 35.6. The summed E-state index contributed by atoms with van der Waals surface area (Å²) in [6, 6.07) is 0. The maximum absolute atomic E-state index is 12.7. The average Bonchev–Trinajstić information content (AvgIpc) is 3.09. The first kappa shape index (κ1) is 46.9. The van der Waals surface area contributed by atoms with Crippen LogP contribution in [0.3, 0.4) is 0 Å². The number of hydrogen-bond donors (Lipinski definition) is 8. The average molecular weight is 711 g/mol. The van der Waals surface area contributed by atoms with Crippen molar-refractivity contribution in [1.82, 2.24) is 31.1 Å². The number of hydrogen-bond acceptors (Lipinski definition) is 16. The minimum absolute atomic E-state index is 0.121. The normalized spacial score (nSPS) is 11.4. The molecule has 12 N–H and O–H groups in total. The Morgan fingerprint density at radius 3 is 1.16 bits per heavy atom. The number of nitrogens with one attached hydrogen (secondary N) is 4. The van der Waals surface area contributed by atoms with Crippen LogP contribution in [-0.4, -0.2) is 205 Å². The molecular weight excluding hydrogens is 644 g/mol. The summed E-state index contributed by atoms with van der Waals surface area (Å²) in [6.07, 6.45) is 0. The van der Waals surface area contributed by atoms with Crippen molar-refractivity contribution in [3.63, 3.8) is 0 Å². The third kappa shape index (κ3) is 34.1. The van der Waals surface area contributed by atoms with Gasteiger partial charge >= 0.3 is 0 Å². The van der Waals surface area contributed by atoms with Crippen LogP contribution in [-0.2, 0) is 42.8 Å². The van der Waals surface area contributed by atoms with E-state index in [0.29, 0.717) is 158 Å². The van der Waals surface area contributed by atoms with Crippen LogP contribution < -0.4 is 44.2 Å². The van der Waals surface area contributed by atoms with Gasteiger partial charge in [0, 0.05) is 78.5 Å². The van der Waals surface area contributed by atoms with Crippen LogP contribution in [0.5, 0.6) is 0 Å². The molecule has 290 valence electrons. The lowest BCUT2D eigenvalue weighted by Gasteiger charge is -2.27. The second-order valence-corrected chi connectivity index (χ2v) is 10.6. The summed E-state index contributed by atoms with van der Waals surface area (Å²) in [5.74, 6) is -0.468. The summed E-state index contributed by atoms with van der Waals surface area (Å²) in [5, 5.41) is 11.6. The number of rotatable bonds is 38. The Hall–Kier alpha value is -2.11. The molecule has 0 saturated carbocycles. The molecule has 0 aromatic carbocycles. The fourth-order valence-electron chi connectivity index (χ4n) is 4.03. The molecule has 0 aromatic rings. The van der Waals surface area contributed by atoms with Gasteiger partial charge in [-0.25, -0.2) is 0 Å². The highest BCUT2D eigenvalue weighted by atomic mass is 16.5. The molecule has 0 radical (unpaired) electrons. The second kappa shape index (κ2) is 37.2. The Morgan fingerprint density at radius 2 is 0.776 bits per heavy atom. The van der Waals surface area contributed by atoms with Crippen LogP contribution in [0.2, 0.25) is 0 Å². The van der Waals surface area contributed by atoms with Gasteiger partial charge in [-0.3, -0.25) is 24.2 Å². The molecule has 0 spiro atoms. The minimum atomic E-state index is -0.161. The van der Waals surface area contributed by atoms with E-state index < -0.39 is 0 Å². The Morgan fingerprint density at radius 1 is 0.408 bits per heavy atom. The van der Waals surface area contributed by atoms with Gasteiger partial charge in [-0.2, -0.15) is 0 Å². The molecule has 0 aromatic heterocycles. The maximum atomic E-state index is 12.7. The summed E-state index contributed by atoms with van der Waals surface area (Å²) in [4.78, 5) is 41.4. The van der Waals surface area contributed by atoms with E-state index in [1.54, 1.807) is 0 Å². The molecule has 3 amide bonds. The predicted octanol–water partition coefficient (Wildman–Crippen LogP) is -5.54. The summed E-state index contributed by atoms with van der Waals surface area (Å²) in [5.41, 5.74) is 21.9. The molecule has 49 heavy (non-hydrogen) atoms. The van der Waals surface area contributed by atoms with Crippen LogP contribution in [0, 0.1) is 0 Å². The van der Waals surface area contributed by atoms with Crippen molar-refractivity contribution in [2.45, 2.75) is 0 Å². The standard InChI is InChI=1S/C30H66N10O9/c31-1-9-39(26-29(42)37-7-17-48-23-20-45-14-3-33)11-12-40(27-30(43)38-8-18-49-24-21-46-15-4-34)10-5-35-25-28(41)36-6-16-47-22-19-44-13-2-32/h35H,1-27,31-34H2,(H,36,41)(H,37,42)(H,38,43). The minimum Gasteiger partial charge on any atom is -0.378 e. The van der Waals surface area contributed by atoms with Crippen LogP contribution in [0.25, 0.3) is 0 Å². The lowest BCUT2D eigenvalue weighted by atomic mass is 10.3. The highest BCUT2D eigenvalue weighted by molar-refractivity contribution is 5.78. The third-order valence-corrected chi connectivity index (χ3v) is 6.41. The topological polar surface area (TPSA) is 265 Å². The summed E-state index contributed by atoms with van der Waals surface area (Å²) in [6.45, 7) is 11.0. The first-order valence-corrected chi connectivity index (χ1v) is 17.2. The molecule has 0 fully saturated rings. The molecular formula is C30H66N10O9. The summed E-state index contributed by atoms with van der Waals surface area (Å²) in [7, 11) is 0. The second-order valence-electron chi connectivity index (χ2n) is 10.6. The van der Waals surface area contributed by atoms with E-state index in [1.807, 2.05) is 9.80 Å². The highest BCUT2D eigenvalue weighted by Crippen LogP contribution is 1.94. The van der Waals surface area contributed by atoms with Gasteiger partial charge < -0.3 is 72.6 Å². The molecule has 0 rings (SSSR count). The van der Waals surface area contributed by atoms with Crippen LogP contribution in [0.15, 0.2) is 0 Å². The molecule has 0 heterocycles. The first-order valence-electron chi connectivity index (χ1n) is 17.2. The molecule has 0 aliphatic heterocycles. The zero-order valence-corrected chi connectivity index (χ0v) is 29.5. The number of nitrogens with two attached hydrogens (primary N) is 4. The summed E-state index contributed by atoms with van der Waals surface area (Å²) < 4.78 is 32.1. The van der Waals surface area contributed by atoms with Gasteiger partial charge in [0.2, 0.25) is 17.7 Å². The van der Waals surface area contributed by atoms with Crippen molar-refractivity contribution >= 4 is 17.7 Å². The first-order chi connectivity index (χ1) is 24.0. The number of amides is 3. The van der Waals surface area contributed by atoms with Gasteiger partial charge in [-0.15, -0.1) is 0 Å². The van der Waals surface area contributed by atoms with Gasteiger partial charge in [0.25, 0.3) is 0 Å². The largest absolute Gasteiger partial charge is 0.378 e. The van der Waals surface area contributed by atoms with Gasteiger partial charge in [-0.05, 0) is 0 Å². The Bertz CT molecular complexity index is 778. The molecule has 0 bridgehead atoms. The van der Waals surface area contributed by atoms with Gasteiger partial charge in [0.1, 0.15) is 0 Å². The van der Waals surface area contributed by atoms with Gasteiger partial charge in [0.05, 0.1) is 98.9 Å².